The number of benzene rings is 2. The van der Waals surface area contributed by atoms with Crippen molar-refractivity contribution >= 4 is 23.2 Å². The lowest BCUT2D eigenvalue weighted by atomic mass is 10.1. The van der Waals surface area contributed by atoms with Gasteiger partial charge in [-0.2, -0.15) is 10.2 Å². The number of carbonyl (C=O) groups excluding carboxylic acids is 2. The Hall–Kier alpha value is -4.40. The van der Waals surface area contributed by atoms with Crippen LogP contribution in [0.2, 0.25) is 0 Å². The molecule has 0 unspecified atom stereocenters. The zero-order valence-corrected chi connectivity index (χ0v) is 18.2. The lowest BCUT2D eigenvalue weighted by Gasteiger charge is -2.05. The summed E-state index contributed by atoms with van der Waals surface area (Å²) < 4.78 is 5.35. The van der Waals surface area contributed by atoms with Crippen LogP contribution in [0, 0.1) is 0 Å². The fourth-order valence-corrected chi connectivity index (χ4v) is 2.93. The second kappa shape index (κ2) is 10.8. The minimum absolute atomic E-state index is 0.0803. The van der Waals surface area contributed by atoms with Gasteiger partial charge in [-0.05, 0) is 84.6 Å². The van der Waals surface area contributed by atoms with E-state index in [9.17, 15) is 19.8 Å². The fraction of sp³-hybridized carbons (Fsp3) is 0.167. The Bertz CT molecular complexity index is 1090. The van der Waals surface area contributed by atoms with Gasteiger partial charge in [0.05, 0.1) is 11.4 Å². The first kappa shape index (κ1) is 23.3. The van der Waals surface area contributed by atoms with Gasteiger partial charge in [0.15, 0.2) is 11.5 Å². The molecule has 0 saturated carbocycles. The van der Waals surface area contributed by atoms with Crippen molar-refractivity contribution in [2.75, 3.05) is 0 Å². The smallest absolute Gasteiger partial charge is 0.307 e. The number of amides is 2. The Labute approximate surface area is 190 Å². The van der Waals surface area contributed by atoms with Crippen LogP contribution in [-0.2, 0) is 0 Å². The van der Waals surface area contributed by atoms with E-state index in [-0.39, 0.29) is 23.0 Å². The average Bonchev–Trinajstić information content (AvgIpc) is 3.32. The number of furan rings is 1. The van der Waals surface area contributed by atoms with E-state index in [0.29, 0.717) is 24.3 Å². The quantitative estimate of drug-likeness (QED) is 0.307. The van der Waals surface area contributed by atoms with Crippen LogP contribution in [-0.4, -0.2) is 33.5 Å². The number of nitrogens with one attached hydrogen (secondary N) is 2. The minimum atomic E-state index is -0.611. The zero-order chi connectivity index (χ0) is 23.8. The second-order valence-electron chi connectivity index (χ2n) is 6.96. The number of nitrogens with zero attached hydrogens (tertiary/aromatic N) is 2. The number of phenolic OH excluding ortho intramolecular Hbond substituents is 2. The Morgan fingerprint density at radius 3 is 1.39 bits per heavy atom. The zero-order valence-electron chi connectivity index (χ0n) is 18.2. The number of hydrazone groups is 2. The summed E-state index contributed by atoms with van der Waals surface area (Å²) in [4.78, 5) is 24.8. The Kier molecular flexibility index (Phi) is 7.59. The number of carbonyl (C=O) groups is 2. The molecule has 3 rings (SSSR count). The first-order valence-electron chi connectivity index (χ1n) is 10.3. The molecule has 3 aromatic rings. The van der Waals surface area contributed by atoms with Crippen molar-refractivity contribution in [3.8, 4) is 11.5 Å². The molecule has 9 nitrogen and oxygen atoms in total. The van der Waals surface area contributed by atoms with Gasteiger partial charge in [0.1, 0.15) is 11.5 Å². The van der Waals surface area contributed by atoms with Gasteiger partial charge >= 0.3 is 11.8 Å². The van der Waals surface area contributed by atoms with Crippen LogP contribution in [0.25, 0.3) is 0 Å². The fourth-order valence-electron chi connectivity index (χ4n) is 2.93. The van der Waals surface area contributed by atoms with Gasteiger partial charge in [0.2, 0.25) is 0 Å². The molecule has 0 spiro atoms. The molecule has 0 radical (unpaired) electrons. The maximum absolute atomic E-state index is 12.4. The normalized spacial score (nSPS) is 11.8. The third-order valence-electron chi connectivity index (χ3n) is 4.71. The first-order chi connectivity index (χ1) is 15.9. The van der Waals surface area contributed by atoms with Gasteiger partial charge in [-0.3, -0.25) is 9.59 Å². The SMILES string of the molecule is CCC(=NNC(=O)c1ccc(C(=O)NN=C(CC)c2ccc(O)cc2)o1)c1ccc(O)cc1. The number of hydrogen-bond donors (Lipinski definition) is 4. The molecule has 1 aromatic heterocycles. The van der Waals surface area contributed by atoms with Crippen molar-refractivity contribution in [2.24, 2.45) is 10.2 Å². The molecule has 9 heteroatoms. The first-order valence-corrected chi connectivity index (χ1v) is 10.3. The van der Waals surface area contributed by atoms with Gasteiger partial charge in [-0.25, -0.2) is 10.9 Å². The number of rotatable bonds is 8. The molecule has 0 aliphatic rings. The van der Waals surface area contributed by atoms with Crippen LogP contribution in [0.1, 0.15) is 58.9 Å². The summed E-state index contributed by atoms with van der Waals surface area (Å²) in [5, 5.41) is 27.0. The predicted molar refractivity (Wildman–Crippen MR) is 124 cm³/mol. The highest BCUT2D eigenvalue weighted by molar-refractivity contribution is 6.03. The van der Waals surface area contributed by atoms with E-state index in [1.54, 1.807) is 24.3 Å². The number of aromatic hydroxyl groups is 2. The van der Waals surface area contributed by atoms with Crippen molar-refractivity contribution in [1.29, 1.82) is 0 Å². The highest BCUT2D eigenvalue weighted by Crippen LogP contribution is 2.14. The van der Waals surface area contributed by atoms with E-state index in [0.717, 1.165) is 11.1 Å². The van der Waals surface area contributed by atoms with E-state index < -0.39 is 11.8 Å². The number of hydrogen-bond acceptors (Lipinski definition) is 7. The molecular weight excluding hydrogens is 424 g/mol. The van der Waals surface area contributed by atoms with Crippen molar-refractivity contribution in [3.05, 3.63) is 83.3 Å². The Morgan fingerprint density at radius 2 is 1.06 bits per heavy atom. The van der Waals surface area contributed by atoms with Gasteiger partial charge in [0.25, 0.3) is 0 Å². The molecular formula is C24H24N4O5. The predicted octanol–water partition coefficient (Wildman–Crippen LogP) is 3.78. The Morgan fingerprint density at radius 1 is 0.697 bits per heavy atom. The summed E-state index contributed by atoms with van der Waals surface area (Å²) in [6, 6.07) is 15.7. The van der Waals surface area contributed by atoms with Crippen LogP contribution in [0.5, 0.6) is 11.5 Å². The largest absolute Gasteiger partial charge is 0.508 e. The lowest BCUT2D eigenvalue weighted by Crippen LogP contribution is -2.20. The molecule has 0 saturated heterocycles. The van der Waals surface area contributed by atoms with Crippen LogP contribution < -0.4 is 10.9 Å². The summed E-state index contributed by atoms with van der Waals surface area (Å²) in [5.41, 5.74) is 7.57. The Balaban J connectivity index is 1.65. The standard InChI is InChI=1S/C24H24N4O5/c1-3-19(15-5-9-17(29)10-6-15)25-27-23(31)21-13-14-22(33-21)24(32)28-26-20(4-2)16-7-11-18(30)12-8-16/h5-14,29-30H,3-4H2,1-2H3,(H,27,31)(H,28,32). The van der Waals surface area contributed by atoms with E-state index in [4.69, 9.17) is 4.42 Å². The maximum atomic E-state index is 12.4. The van der Waals surface area contributed by atoms with Crippen LogP contribution in [0.3, 0.4) is 0 Å². The van der Waals surface area contributed by atoms with Gasteiger partial charge in [-0.15, -0.1) is 0 Å². The van der Waals surface area contributed by atoms with Crippen molar-refractivity contribution in [2.45, 2.75) is 26.7 Å². The molecule has 0 aliphatic carbocycles. The highest BCUT2D eigenvalue weighted by Gasteiger charge is 2.16. The third-order valence-corrected chi connectivity index (χ3v) is 4.71. The molecule has 33 heavy (non-hydrogen) atoms. The van der Waals surface area contributed by atoms with Crippen LogP contribution in [0.15, 0.2) is 75.3 Å². The van der Waals surface area contributed by atoms with Gasteiger partial charge in [0, 0.05) is 0 Å². The summed E-state index contributed by atoms with van der Waals surface area (Å²) in [6.45, 7) is 3.77. The van der Waals surface area contributed by atoms with Crippen LogP contribution >= 0.6 is 0 Å². The molecule has 170 valence electrons. The molecule has 4 N–H and O–H groups in total. The summed E-state index contributed by atoms with van der Waals surface area (Å²) >= 11 is 0. The molecule has 1 heterocycles. The summed E-state index contributed by atoms with van der Waals surface area (Å²) in [5.74, 6) is -1.11. The summed E-state index contributed by atoms with van der Waals surface area (Å²) in [6.07, 6.45) is 1.10. The van der Waals surface area contributed by atoms with Crippen LogP contribution in [0.4, 0.5) is 0 Å². The molecule has 0 aliphatic heterocycles. The van der Waals surface area contributed by atoms with E-state index in [1.165, 1.54) is 36.4 Å². The van der Waals surface area contributed by atoms with E-state index in [1.807, 2.05) is 13.8 Å². The average molecular weight is 448 g/mol. The topological polar surface area (TPSA) is 137 Å². The second-order valence-corrected chi connectivity index (χ2v) is 6.96. The third kappa shape index (κ3) is 6.07. The maximum Gasteiger partial charge on any atom is 0.307 e. The molecule has 2 amide bonds. The van der Waals surface area contributed by atoms with Crippen molar-refractivity contribution in [3.63, 3.8) is 0 Å². The molecule has 0 fully saturated rings. The van der Waals surface area contributed by atoms with Crippen molar-refractivity contribution in [1.82, 2.24) is 10.9 Å². The lowest BCUT2D eigenvalue weighted by molar-refractivity contribution is 0.0902. The summed E-state index contributed by atoms with van der Waals surface area (Å²) in [7, 11) is 0. The van der Waals surface area contributed by atoms with Crippen molar-refractivity contribution < 1.29 is 24.2 Å². The monoisotopic (exact) mass is 448 g/mol. The minimum Gasteiger partial charge on any atom is -0.508 e. The van der Waals surface area contributed by atoms with Gasteiger partial charge < -0.3 is 14.6 Å². The molecule has 0 atom stereocenters. The van der Waals surface area contributed by atoms with Gasteiger partial charge in [-0.1, -0.05) is 13.8 Å². The van der Waals surface area contributed by atoms with E-state index in [2.05, 4.69) is 21.1 Å². The number of phenols is 2. The van der Waals surface area contributed by atoms with E-state index >= 15 is 0 Å². The molecule has 0 bridgehead atoms. The molecule has 2 aromatic carbocycles. The highest BCUT2D eigenvalue weighted by atomic mass is 16.4.